The van der Waals surface area contributed by atoms with Gasteiger partial charge in [0.1, 0.15) is 5.75 Å². The minimum atomic E-state index is -0.133. The van der Waals surface area contributed by atoms with Crippen molar-refractivity contribution in [3.63, 3.8) is 0 Å². The fraction of sp³-hybridized carbons (Fsp3) is 0.364. The van der Waals surface area contributed by atoms with Crippen LogP contribution in [0.1, 0.15) is 22.7 Å². The summed E-state index contributed by atoms with van der Waals surface area (Å²) in [6, 6.07) is 3.31. The van der Waals surface area contributed by atoms with Gasteiger partial charge in [-0.3, -0.25) is 0 Å². The molecule has 0 saturated carbocycles. The van der Waals surface area contributed by atoms with Gasteiger partial charge < -0.3 is 15.7 Å². The average Bonchev–Trinajstić information content (AvgIpc) is 2.49. The summed E-state index contributed by atoms with van der Waals surface area (Å²) >= 11 is 0. The Morgan fingerprint density at radius 2 is 1.93 bits per heavy atom. The van der Waals surface area contributed by atoms with E-state index >= 15 is 0 Å². The Bertz CT molecular complexity index is 392. The van der Waals surface area contributed by atoms with Gasteiger partial charge in [-0.15, -0.1) is 0 Å². The van der Waals surface area contributed by atoms with Crippen LogP contribution in [0.15, 0.2) is 12.1 Å². The highest BCUT2D eigenvalue weighted by atomic mass is 16.3. The number of phenols is 1. The molecular weight excluding hydrogens is 192 g/mol. The Kier molecular flexibility index (Phi) is 2.26. The monoisotopic (exact) mass is 206 g/mol. The van der Waals surface area contributed by atoms with Gasteiger partial charge in [0.05, 0.1) is 6.04 Å². The SMILES string of the molecule is Cc1cc(O)cc(C)c1[C@@H]1CNC(=O)N1. The standard InChI is InChI=1S/C11H14N2O2/c1-6-3-8(14)4-7(2)10(6)9-5-12-11(15)13-9/h3-4,9,14H,5H2,1-2H3,(H2,12,13,15)/t9-/m0/s1. The number of aryl methyl sites for hydroxylation is 2. The van der Waals surface area contributed by atoms with Crippen molar-refractivity contribution in [2.75, 3.05) is 6.54 Å². The fourth-order valence-corrected chi connectivity index (χ4v) is 2.13. The van der Waals surface area contributed by atoms with Gasteiger partial charge in [-0.2, -0.15) is 0 Å². The van der Waals surface area contributed by atoms with E-state index in [2.05, 4.69) is 10.6 Å². The molecule has 1 fully saturated rings. The first-order valence-electron chi connectivity index (χ1n) is 4.92. The van der Waals surface area contributed by atoms with Crippen LogP contribution < -0.4 is 10.6 Å². The van der Waals surface area contributed by atoms with E-state index in [9.17, 15) is 9.90 Å². The Balaban J connectivity index is 2.39. The van der Waals surface area contributed by atoms with E-state index in [4.69, 9.17) is 0 Å². The third-order valence-corrected chi connectivity index (χ3v) is 2.70. The molecule has 4 heteroatoms. The summed E-state index contributed by atoms with van der Waals surface area (Å²) in [5, 5.41) is 15.0. The quantitative estimate of drug-likeness (QED) is 0.649. The van der Waals surface area contributed by atoms with Crippen molar-refractivity contribution in [1.29, 1.82) is 0 Å². The molecule has 0 aromatic heterocycles. The average molecular weight is 206 g/mol. The molecule has 2 amide bonds. The Hall–Kier alpha value is -1.71. The van der Waals surface area contributed by atoms with E-state index < -0.39 is 0 Å². The van der Waals surface area contributed by atoms with Crippen molar-refractivity contribution in [2.45, 2.75) is 19.9 Å². The molecule has 4 nitrogen and oxygen atoms in total. The zero-order valence-electron chi connectivity index (χ0n) is 8.79. The van der Waals surface area contributed by atoms with Crippen LogP contribution >= 0.6 is 0 Å². The summed E-state index contributed by atoms with van der Waals surface area (Å²) in [7, 11) is 0. The van der Waals surface area contributed by atoms with Gasteiger partial charge in [0.2, 0.25) is 0 Å². The van der Waals surface area contributed by atoms with Gasteiger partial charge in [0, 0.05) is 6.54 Å². The highest BCUT2D eigenvalue weighted by molar-refractivity contribution is 5.77. The smallest absolute Gasteiger partial charge is 0.315 e. The lowest BCUT2D eigenvalue weighted by molar-refractivity contribution is 0.247. The molecule has 3 N–H and O–H groups in total. The number of urea groups is 1. The van der Waals surface area contributed by atoms with Gasteiger partial charge in [0.25, 0.3) is 0 Å². The number of hydrogen-bond donors (Lipinski definition) is 3. The number of carbonyl (C=O) groups is 1. The predicted molar refractivity (Wildman–Crippen MR) is 56.9 cm³/mol. The number of aromatic hydroxyl groups is 1. The predicted octanol–water partition coefficient (Wildman–Crippen LogP) is 1.36. The first-order chi connectivity index (χ1) is 7.08. The normalized spacial score (nSPS) is 19.9. The van der Waals surface area contributed by atoms with E-state index in [0.29, 0.717) is 6.54 Å². The lowest BCUT2D eigenvalue weighted by Crippen LogP contribution is -2.22. The summed E-state index contributed by atoms with van der Waals surface area (Å²) < 4.78 is 0. The van der Waals surface area contributed by atoms with Gasteiger partial charge >= 0.3 is 6.03 Å². The molecule has 0 radical (unpaired) electrons. The first kappa shape index (κ1) is 9.83. The van der Waals surface area contributed by atoms with E-state index in [1.54, 1.807) is 12.1 Å². The summed E-state index contributed by atoms with van der Waals surface area (Å²) in [5.74, 6) is 0.269. The van der Waals surface area contributed by atoms with Gasteiger partial charge in [-0.25, -0.2) is 4.79 Å². The van der Waals surface area contributed by atoms with Crippen molar-refractivity contribution in [3.8, 4) is 5.75 Å². The molecule has 1 heterocycles. The van der Waals surface area contributed by atoms with Crippen LogP contribution in [-0.2, 0) is 0 Å². The van der Waals surface area contributed by atoms with Crippen LogP contribution in [0, 0.1) is 13.8 Å². The maximum atomic E-state index is 11.0. The van der Waals surface area contributed by atoms with Crippen LogP contribution in [-0.4, -0.2) is 17.7 Å². The molecule has 0 aliphatic carbocycles. The number of rotatable bonds is 1. The summed E-state index contributed by atoms with van der Waals surface area (Å²) in [6.45, 7) is 4.48. The number of benzene rings is 1. The maximum absolute atomic E-state index is 11.0. The van der Waals surface area contributed by atoms with Crippen molar-refractivity contribution in [3.05, 3.63) is 28.8 Å². The molecule has 0 spiro atoms. The molecule has 1 aromatic rings. The van der Waals surface area contributed by atoms with E-state index in [-0.39, 0.29) is 17.8 Å². The Labute approximate surface area is 88.3 Å². The molecule has 2 rings (SSSR count). The molecule has 0 bridgehead atoms. The molecule has 15 heavy (non-hydrogen) atoms. The third-order valence-electron chi connectivity index (χ3n) is 2.70. The largest absolute Gasteiger partial charge is 0.508 e. The van der Waals surface area contributed by atoms with Crippen molar-refractivity contribution in [2.24, 2.45) is 0 Å². The number of hydrogen-bond acceptors (Lipinski definition) is 2. The van der Waals surface area contributed by atoms with Crippen molar-refractivity contribution in [1.82, 2.24) is 10.6 Å². The Morgan fingerprint density at radius 1 is 1.33 bits per heavy atom. The lowest BCUT2D eigenvalue weighted by Gasteiger charge is -2.15. The van der Waals surface area contributed by atoms with E-state index in [1.165, 1.54) is 0 Å². The molecule has 0 unspecified atom stereocenters. The molecule has 1 aliphatic heterocycles. The van der Waals surface area contributed by atoms with Crippen molar-refractivity contribution >= 4 is 6.03 Å². The summed E-state index contributed by atoms with van der Waals surface area (Å²) in [4.78, 5) is 11.0. The summed E-state index contributed by atoms with van der Waals surface area (Å²) in [6.07, 6.45) is 0. The molecule has 1 atom stereocenters. The molecule has 1 aromatic carbocycles. The highest BCUT2D eigenvalue weighted by Gasteiger charge is 2.24. The summed E-state index contributed by atoms with van der Waals surface area (Å²) in [5.41, 5.74) is 3.09. The highest BCUT2D eigenvalue weighted by Crippen LogP contribution is 2.27. The van der Waals surface area contributed by atoms with Gasteiger partial charge in [-0.1, -0.05) is 0 Å². The van der Waals surface area contributed by atoms with Crippen LogP contribution in [0.5, 0.6) is 5.75 Å². The van der Waals surface area contributed by atoms with Crippen LogP contribution in [0.4, 0.5) is 4.79 Å². The fourth-order valence-electron chi connectivity index (χ4n) is 2.13. The zero-order chi connectivity index (χ0) is 11.0. The van der Waals surface area contributed by atoms with Crippen LogP contribution in [0.25, 0.3) is 0 Å². The number of nitrogens with one attached hydrogen (secondary N) is 2. The second-order valence-corrected chi connectivity index (χ2v) is 3.90. The van der Waals surface area contributed by atoms with Gasteiger partial charge in [-0.05, 0) is 42.7 Å². The second-order valence-electron chi connectivity index (χ2n) is 3.90. The molecule has 80 valence electrons. The van der Waals surface area contributed by atoms with Gasteiger partial charge in [0.15, 0.2) is 0 Å². The number of phenolic OH excluding ortho intramolecular Hbond substituents is 1. The molecular formula is C11H14N2O2. The number of amides is 2. The van der Waals surface area contributed by atoms with E-state index in [0.717, 1.165) is 16.7 Å². The van der Waals surface area contributed by atoms with E-state index in [1.807, 2.05) is 13.8 Å². The molecule has 1 saturated heterocycles. The lowest BCUT2D eigenvalue weighted by atomic mass is 9.96. The Morgan fingerprint density at radius 3 is 2.40 bits per heavy atom. The van der Waals surface area contributed by atoms with Crippen LogP contribution in [0.3, 0.4) is 0 Å². The number of carbonyl (C=O) groups excluding carboxylic acids is 1. The third kappa shape index (κ3) is 1.75. The topological polar surface area (TPSA) is 61.4 Å². The zero-order valence-corrected chi connectivity index (χ0v) is 8.79. The second kappa shape index (κ2) is 3.46. The maximum Gasteiger partial charge on any atom is 0.315 e. The molecule has 1 aliphatic rings. The minimum Gasteiger partial charge on any atom is -0.508 e. The minimum absolute atomic E-state index is 0.0121. The van der Waals surface area contributed by atoms with Crippen LogP contribution in [0.2, 0.25) is 0 Å². The van der Waals surface area contributed by atoms with Crippen molar-refractivity contribution < 1.29 is 9.90 Å². The first-order valence-corrected chi connectivity index (χ1v) is 4.92.